The molecule has 1 aliphatic rings. The molecule has 1 saturated heterocycles. The monoisotopic (exact) mass is 305 g/mol. The Hall–Kier alpha value is -1.98. The fourth-order valence-corrected chi connectivity index (χ4v) is 2.20. The van der Waals surface area contributed by atoms with E-state index in [0.29, 0.717) is 0 Å². The van der Waals surface area contributed by atoms with Crippen molar-refractivity contribution >= 4 is 17.0 Å². The number of nitrogens with two attached hydrogens (primary N) is 1. The molecule has 1 aliphatic heterocycles. The van der Waals surface area contributed by atoms with Gasteiger partial charge in [-0.25, -0.2) is 4.98 Å². The number of anilines is 1. The average molecular weight is 305 g/mol. The Morgan fingerprint density at radius 3 is 2.76 bits per heavy atom. The molecule has 0 spiro atoms. The van der Waals surface area contributed by atoms with Crippen LogP contribution in [0.3, 0.4) is 0 Å². The maximum atomic E-state index is 14.0. The first-order valence-corrected chi connectivity index (χ1v) is 5.84. The van der Waals surface area contributed by atoms with E-state index in [1.807, 2.05) is 0 Å². The number of fused-ring (bicyclic) bond motifs is 1. The lowest BCUT2D eigenvalue weighted by Crippen LogP contribution is -2.39. The molecule has 0 bridgehead atoms. The summed E-state index contributed by atoms with van der Waals surface area (Å²) in [5, 5.41) is 18.4. The van der Waals surface area contributed by atoms with Crippen LogP contribution in [0.4, 0.5) is 19.0 Å². The third-order valence-corrected chi connectivity index (χ3v) is 3.23. The van der Waals surface area contributed by atoms with Crippen molar-refractivity contribution in [3.8, 4) is 0 Å². The van der Waals surface area contributed by atoms with Gasteiger partial charge in [0, 0.05) is 0 Å². The minimum Gasteiger partial charge on any atom is -0.394 e. The van der Waals surface area contributed by atoms with Gasteiger partial charge >= 0.3 is 12.0 Å². The van der Waals surface area contributed by atoms with E-state index >= 15 is 0 Å². The second-order valence-corrected chi connectivity index (χ2v) is 4.53. The molecule has 4 N–H and O–H groups in total. The van der Waals surface area contributed by atoms with Crippen LogP contribution in [0.2, 0.25) is 0 Å². The topological polar surface area (TPSA) is 119 Å². The lowest BCUT2D eigenvalue weighted by atomic mass is 10.1. The van der Waals surface area contributed by atoms with E-state index in [4.69, 9.17) is 15.6 Å². The summed E-state index contributed by atoms with van der Waals surface area (Å²) in [6.45, 7) is -0.800. The van der Waals surface area contributed by atoms with Gasteiger partial charge < -0.3 is 20.7 Å². The quantitative estimate of drug-likeness (QED) is 0.636. The Labute approximate surface area is 115 Å². The first-order chi connectivity index (χ1) is 9.86. The van der Waals surface area contributed by atoms with E-state index in [0.717, 1.165) is 10.9 Å². The highest BCUT2D eigenvalue weighted by Crippen LogP contribution is 2.43. The van der Waals surface area contributed by atoms with E-state index in [9.17, 15) is 18.3 Å². The van der Waals surface area contributed by atoms with E-state index in [1.165, 1.54) is 0 Å². The fraction of sp³-hybridized carbons (Fsp3) is 0.500. The number of hydrogen-bond acceptors (Lipinski definition) is 7. The van der Waals surface area contributed by atoms with Crippen molar-refractivity contribution in [1.82, 2.24) is 19.5 Å². The molecular weight excluding hydrogens is 295 g/mol. The van der Waals surface area contributed by atoms with E-state index in [1.54, 1.807) is 0 Å². The third kappa shape index (κ3) is 1.92. The molecule has 2 aromatic heterocycles. The van der Waals surface area contributed by atoms with Gasteiger partial charge in [0.05, 0.1) is 12.9 Å². The largest absolute Gasteiger partial charge is 0.394 e. The van der Waals surface area contributed by atoms with Crippen LogP contribution in [0.5, 0.6) is 0 Å². The first-order valence-electron chi connectivity index (χ1n) is 5.84. The molecule has 114 valence electrons. The van der Waals surface area contributed by atoms with Gasteiger partial charge in [-0.3, -0.25) is 4.57 Å². The average Bonchev–Trinajstić information content (AvgIpc) is 2.91. The summed E-state index contributed by atoms with van der Waals surface area (Å²) in [6.07, 6.45) is -5.97. The molecule has 2 aromatic rings. The number of rotatable bonds is 2. The van der Waals surface area contributed by atoms with Gasteiger partial charge in [-0.1, -0.05) is 0 Å². The molecule has 0 radical (unpaired) electrons. The van der Waals surface area contributed by atoms with Gasteiger partial charge in [0.25, 0.3) is 0 Å². The van der Waals surface area contributed by atoms with Gasteiger partial charge in [0.1, 0.15) is 6.10 Å². The Morgan fingerprint density at radius 2 is 2.14 bits per heavy atom. The number of hydrogen-bond donors (Lipinski definition) is 3. The molecule has 3 heterocycles. The van der Waals surface area contributed by atoms with Crippen molar-refractivity contribution < 1.29 is 28.1 Å². The Balaban J connectivity index is 2.13. The standard InChI is InChI=1S/C10H10F3N5O3/c11-9-16-6(14)4-7(17-9)18(2-15-4)8-10(12,13)5(20)3(1-19)21-8/h2-3,5,8,19-20H,1H2,(H2,14,16,17)/t3-,5-,8-/m1/s1. The number of imidazole rings is 1. The lowest BCUT2D eigenvalue weighted by Gasteiger charge is -2.20. The maximum Gasteiger partial charge on any atom is 0.320 e. The van der Waals surface area contributed by atoms with Gasteiger partial charge in [0.2, 0.25) is 6.23 Å². The molecule has 0 aromatic carbocycles. The molecule has 21 heavy (non-hydrogen) atoms. The lowest BCUT2D eigenvalue weighted by molar-refractivity contribution is -0.138. The molecule has 0 amide bonds. The van der Waals surface area contributed by atoms with Gasteiger partial charge in [-0.2, -0.15) is 23.1 Å². The zero-order chi connectivity index (χ0) is 15.4. The minimum absolute atomic E-state index is 0.0715. The van der Waals surface area contributed by atoms with Gasteiger partial charge in [-0.05, 0) is 0 Å². The van der Waals surface area contributed by atoms with Crippen LogP contribution in [-0.4, -0.2) is 54.5 Å². The number of aromatic nitrogens is 4. The van der Waals surface area contributed by atoms with Crippen LogP contribution in [0, 0.1) is 6.08 Å². The summed E-state index contributed by atoms with van der Waals surface area (Å²) >= 11 is 0. The Bertz CT molecular complexity index is 694. The van der Waals surface area contributed by atoms with Crippen molar-refractivity contribution in [3.05, 3.63) is 12.4 Å². The molecule has 8 nitrogen and oxygen atoms in total. The summed E-state index contributed by atoms with van der Waals surface area (Å²) in [4.78, 5) is 10.3. The third-order valence-electron chi connectivity index (χ3n) is 3.23. The Morgan fingerprint density at radius 1 is 1.43 bits per heavy atom. The highest BCUT2D eigenvalue weighted by atomic mass is 19.3. The number of nitrogens with zero attached hydrogens (tertiary/aromatic N) is 4. The van der Waals surface area contributed by atoms with Crippen molar-refractivity contribution in [2.24, 2.45) is 0 Å². The number of aliphatic hydroxyl groups is 2. The summed E-state index contributed by atoms with van der Waals surface area (Å²) in [5.74, 6) is -4.03. The van der Waals surface area contributed by atoms with Gasteiger partial charge in [-0.15, -0.1) is 0 Å². The van der Waals surface area contributed by atoms with E-state index in [-0.39, 0.29) is 17.0 Å². The van der Waals surface area contributed by atoms with Crippen LogP contribution in [-0.2, 0) is 4.74 Å². The molecule has 11 heteroatoms. The van der Waals surface area contributed by atoms with Crippen molar-refractivity contribution in [1.29, 1.82) is 0 Å². The second-order valence-electron chi connectivity index (χ2n) is 4.53. The summed E-state index contributed by atoms with van der Waals surface area (Å²) in [6, 6.07) is 0. The number of aliphatic hydroxyl groups excluding tert-OH is 2. The predicted molar refractivity (Wildman–Crippen MR) is 61.6 cm³/mol. The molecule has 0 saturated carbocycles. The Kier molecular flexibility index (Phi) is 3.00. The normalized spacial score (nSPS) is 28.3. The first kappa shape index (κ1) is 14.0. The number of ether oxygens (including phenoxy) is 1. The number of alkyl halides is 2. The van der Waals surface area contributed by atoms with Crippen LogP contribution in [0.1, 0.15) is 6.23 Å². The molecule has 0 aliphatic carbocycles. The second kappa shape index (κ2) is 4.51. The van der Waals surface area contributed by atoms with Gasteiger partial charge in [0.15, 0.2) is 23.1 Å². The molecule has 3 rings (SSSR count). The van der Waals surface area contributed by atoms with Crippen LogP contribution in [0.15, 0.2) is 6.33 Å². The van der Waals surface area contributed by atoms with E-state index in [2.05, 4.69) is 15.0 Å². The van der Waals surface area contributed by atoms with Crippen molar-refractivity contribution in [2.75, 3.05) is 12.3 Å². The zero-order valence-electron chi connectivity index (χ0n) is 10.3. The molecular formula is C10H10F3N5O3. The minimum atomic E-state index is -3.72. The number of halogens is 3. The molecule has 1 fully saturated rings. The maximum absolute atomic E-state index is 14.0. The van der Waals surface area contributed by atoms with Crippen molar-refractivity contribution in [3.63, 3.8) is 0 Å². The summed E-state index contributed by atoms with van der Waals surface area (Å²) in [5.41, 5.74) is 5.07. The highest BCUT2D eigenvalue weighted by molar-refractivity contribution is 5.81. The zero-order valence-corrected chi connectivity index (χ0v) is 10.3. The van der Waals surface area contributed by atoms with Crippen molar-refractivity contribution in [2.45, 2.75) is 24.4 Å². The van der Waals surface area contributed by atoms with Crippen LogP contribution in [0.25, 0.3) is 11.2 Å². The van der Waals surface area contributed by atoms with E-state index < -0.39 is 37.0 Å². The predicted octanol–water partition coefficient (Wildman–Crippen LogP) is -0.567. The summed E-state index contributed by atoms with van der Waals surface area (Å²) in [7, 11) is 0. The summed E-state index contributed by atoms with van der Waals surface area (Å²) < 4.78 is 46.9. The fourth-order valence-electron chi connectivity index (χ4n) is 2.20. The SMILES string of the molecule is Nc1nc(F)nc2c1ncn2[C@@H]1O[C@H](CO)[C@@H](O)C1(F)F. The van der Waals surface area contributed by atoms with Crippen LogP contribution < -0.4 is 5.73 Å². The number of nitrogen functional groups attached to an aromatic ring is 1. The highest BCUT2D eigenvalue weighted by Gasteiger charge is 2.59. The molecule has 3 atom stereocenters. The smallest absolute Gasteiger partial charge is 0.320 e. The molecule has 0 unspecified atom stereocenters. The van der Waals surface area contributed by atoms with Crippen LogP contribution >= 0.6 is 0 Å².